The molecule has 2 amide bonds. The Labute approximate surface area is 208 Å². The molecule has 0 aromatic heterocycles. The van der Waals surface area contributed by atoms with Crippen molar-refractivity contribution in [3.63, 3.8) is 0 Å². The number of unbranched alkanes of at least 4 members (excludes halogenated alkanes) is 1. The minimum atomic E-state index is -3.75. The lowest BCUT2D eigenvalue weighted by atomic mass is 10.1. The second-order valence-electron chi connectivity index (χ2n) is 8.47. The molecule has 0 aliphatic carbocycles. The third-order valence-electron chi connectivity index (χ3n) is 5.68. The topological polar surface area (TPSA) is 86.8 Å². The zero-order valence-electron chi connectivity index (χ0n) is 20.7. The van der Waals surface area contributed by atoms with E-state index in [0.717, 1.165) is 29.0 Å². The fraction of sp³-hybridized carbons (Fsp3) is 0.462. The Morgan fingerprint density at radius 1 is 1.00 bits per heavy atom. The largest absolute Gasteiger partial charge is 0.354 e. The van der Waals surface area contributed by atoms with Crippen LogP contribution in [0, 0.1) is 5.82 Å². The van der Waals surface area contributed by atoms with Gasteiger partial charge in [0.25, 0.3) is 0 Å². The molecule has 0 saturated heterocycles. The quantitative estimate of drug-likeness (QED) is 0.392. The molecule has 2 rings (SSSR count). The van der Waals surface area contributed by atoms with Gasteiger partial charge in [0.05, 0.1) is 11.9 Å². The zero-order valence-corrected chi connectivity index (χ0v) is 21.6. The van der Waals surface area contributed by atoms with Crippen molar-refractivity contribution in [3.05, 3.63) is 66.0 Å². The van der Waals surface area contributed by atoms with Crippen LogP contribution in [-0.4, -0.2) is 50.5 Å². The fourth-order valence-corrected chi connectivity index (χ4v) is 4.81. The average molecular weight is 506 g/mol. The molecule has 0 fully saturated rings. The third kappa shape index (κ3) is 8.65. The number of carbonyl (C=O) groups is 2. The molecule has 192 valence electrons. The van der Waals surface area contributed by atoms with E-state index in [-0.39, 0.29) is 43.4 Å². The van der Waals surface area contributed by atoms with E-state index in [1.165, 1.54) is 18.2 Å². The van der Waals surface area contributed by atoms with Gasteiger partial charge in [-0.1, -0.05) is 62.7 Å². The summed E-state index contributed by atoms with van der Waals surface area (Å²) in [5, 5.41) is 2.92. The Morgan fingerprint density at radius 2 is 1.66 bits per heavy atom. The lowest BCUT2D eigenvalue weighted by Crippen LogP contribution is -2.49. The first-order chi connectivity index (χ1) is 16.7. The molecule has 0 aliphatic heterocycles. The number of benzene rings is 2. The molecule has 0 heterocycles. The molecular formula is C26H36FN3O4S. The van der Waals surface area contributed by atoms with E-state index < -0.39 is 21.9 Å². The van der Waals surface area contributed by atoms with Crippen LogP contribution in [0.4, 0.5) is 10.1 Å². The molecule has 7 nitrogen and oxygen atoms in total. The van der Waals surface area contributed by atoms with Gasteiger partial charge in [0, 0.05) is 26.1 Å². The minimum Gasteiger partial charge on any atom is -0.354 e. The predicted molar refractivity (Wildman–Crippen MR) is 137 cm³/mol. The van der Waals surface area contributed by atoms with Gasteiger partial charge < -0.3 is 10.2 Å². The highest BCUT2D eigenvalue weighted by Gasteiger charge is 2.29. The summed E-state index contributed by atoms with van der Waals surface area (Å²) >= 11 is 0. The number of anilines is 1. The fourth-order valence-electron chi connectivity index (χ4n) is 3.84. The van der Waals surface area contributed by atoms with Crippen LogP contribution in [0.3, 0.4) is 0 Å². The van der Waals surface area contributed by atoms with E-state index in [1.807, 2.05) is 44.2 Å². The summed E-state index contributed by atoms with van der Waals surface area (Å²) < 4.78 is 39.9. The monoisotopic (exact) mass is 505 g/mol. The second kappa shape index (κ2) is 13.8. The summed E-state index contributed by atoms with van der Waals surface area (Å²) in [5.41, 5.74) is 0.843. The number of halogens is 1. The van der Waals surface area contributed by atoms with Crippen LogP contribution in [-0.2, 0) is 26.2 Å². The van der Waals surface area contributed by atoms with Crippen molar-refractivity contribution in [1.29, 1.82) is 0 Å². The molecule has 0 unspecified atom stereocenters. The molecule has 9 heteroatoms. The van der Waals surface area contributed by atoms with Crippen LogP contribution < -0.4 is 9.62 Å². The second-order valence-corrected chi connectivity index (χ2v) is 10.4. The molecule has 0 aliphatic rings. The van der Waals surface area contributed by atoms with Crippen LogP contribution in [0.25, 0.3) is 0 Å². The Hall–Kier alpha value is -2.94. The number of para-hydroxylation sites is 1. The molecule has 1 N–H and O–H groups in total. The van der Waals surface area contributed by atoms with Gasteiger partial charge in [-0.15, -0.1) is 0 Å². The number of amides is 2. The molecule has 0 spiro atoms. The highest BCUT2D eigenvalue weighted by molar-refractivity contribution is 7.92. The number of hydrogen-bond donors (Lipinski definition) is 1. The Kier molecular flexibility index (Phi) is 11.2. The number of rotatable bonds is 14. The maximum absolute atomic E-state index is 14.3. The smallest absolute Gasteiger partial charge is 0.242 e. The van der Waals surface area contributed by atoms with Crippen molar-refractivity contribution < 1.29 is 22.4 Å². The molecule has 0 radical (unpaired) electrons. The van der Waals surface area contributed by atoms with Crippen LogP contribution in [0.1, 0.15) is 51.5 Å². The van der Waals surface area contributed by atoms with E-state index in [0.29, 0.717) is 13.0 Å². The highest BCUT2D eigenvalue weighted by Crippen LogP contribution is 2.22. The number of carbonyl (C=O) groups excluding carboxylic acids is 2. The highest BCUT2D eigenvalue weighted by atomic mass is 32.2. The van der Waals surface area contributed by atoms with Crippen LogP contribution >= 0.6 is 0 Å². The van der Waals surface area contributed by atoms with Gasteiger partial charge in [0.2, 0.25) is 21.8 Å². The van der Waals surface area contributed by atoms with E-state index in [1.54, 1.807) is 11.0 Å². The van der Waals surface area contributed by atoms with Crippen molar-refractivity contribution in [1.82, 2.24) is 10.2 Å². The van der Waals surface area contributed by atoms with Crippen LogP contribution in [0.15, 0.2) is 54.6 Å². The molecule has 2 aromatic carbocycles. The molecule has 0 bridgehead atoms. The number of hydrogen-bond acceptors (Lipinski definition) is 4. The zero-order chi connectivity index (χ0) is 25.8. The summed E-state index contributed by atoms with van der Waals surface area (Å²) in [7, 11) is -3.75. The van der Waals surface area contributed by atoms with Gasteiger partial charge in [0.15, 0.2) is 0 Å². The maximum atomic E-state index is 14.3. The summed E-state index contributed by atoms with van der Waals surface area (Å²) in [5.74, 6) is -1.10. The molecule has 2 aromatic rings. The Bertz CT molecular complexity index is 1060. The van der Waals surface area contributed by atoms with Gasteiger partial charge in [-0.05, 0) is 37.0 Å². The van der Waals surface area contributed by atoms with Crippen molar-refractivity contribution >= 4 is 27.5 Å². The summed E-state index contributed by atoms with van der Waals surface area (Å²) in [6.45, 7) is 4.66. The summed E-state index contributed by atoms with van der Waals surface area (Å²) in [6.07, 6.45) is 3.46. The van der Waals surface area contributed by atoms with Crippen LogP contribution in [0.5, 0.6) is 0 Å². The number of sulfonamides is 1. The third-order valence-corrected chi connectivity index (χ3v) is 6.86. The Morgan fingerprint density at radius 3 is 2.26 bits per heavy atom. The molecule has 0 saturated carbocycles. The first kappa shape index (κ1) is 28.3. The lowest BCUT2D eigenvalue weighted by molar-refractivity contribution is -0.141. The maximum Gasteiger partial charge on any atom is 0.242 e. The van der Waals surface area contributed by atoms with E-state index >= 15 is 0 Å². The van der Waals surface area contributed by atoms with Crippen molar-refractivity contribution in [3.8, 4) is 0 Å². The summed E-state index contributed by atoms with van der Waals surface area (Å²) in [6, 6.07) is 14.4. The predicted octanol–water partition coefficient (Wildman–Crippen LogP) is 4.10. The number of nitrogens with zero attached hydrogens (tertiary/aromatic N) is 2. The van der Waals surface area contributed by atoms with Crippen molar-refractivity contribution in [2.75, 3.05) is 23.7 Å². The van der Waals surface area contributed by atoms with Gasteiger partial charge in [-0.2, -0.15) is 0 Å². The van der Waals surface area contributed by atoms with Gasteiger partial charge in [-0.25, -0.2) is 12.8 Å². The van der Waals surface area contributed by atoms with Crippen LogP contribution in [0.2, 0.25) is 0 Å². The van der Waals surface area contributed by atoms with Crippen molar-refractivity contribution in [2.24, 2.45) is 0 Å². The normalized spacial score (nSPS) is 12.1. The van der Waals surface area contributed by atoms with Gasteiger partial charge in [0.1, 0.15) is 11.9 Å². The van der Waals surface area contributed by atoms with Crippen molar-refractivity contribution in [2.45, 2.75) is 58.5 Å². The minimum absolute atomic E-state index is 0.0199. The van der Waals surface area contributed by atoms with Gasteiger partial charge in [-0.3, -0.25) is 13.9 Å². The van der Waals surface area contributed by atoms with Gasteiger partial charge >= 0.3 is 0 Å². The molecular weight excluding hydrogens is 469 g/mol. The van der Waals surface area contributed by atoms with E-state index in [4.69, 9.17) is 0 Å². The first-order valence-corrected chi connectivity index (χ1v) is 13.9. The summed E-state index contributed by atoms with van der Waals surface area (Å²) in [4.78, 5) is 27.8. The standard InChI is InChI=1S/C26H36FN3O4S/c1-4-6-18-28-26(32)23(5-2)29(20-21-13-8-7-9-14-21)25(31)17-12-19-30(35(3,33)34)24-16-11-10-15-22(24)27/h7-11,13-16,23H,4-6,12,17-20H2,1-3H3,(H,28,32)/t23-/m1/s1. The SMILES string of the molecule is CCCCNC(=O)[C@@H](CC)N(Cc1ccccc1)C(=O)CCCN(c1ccccc1F)S(C)(=O)=O. The average Bonchev–Trinajstić information content (AvgIpc) is 2.82. The van der Waals surface area contributed by atoms with E-state index in [2.05, 4.69) is 5.32 Å². The first-order valence-electron chi connectivity index (χ1n) is 12.0. The Balaban J connectivity index is 2.17. The van der Waals surface area contributed by atoms with E-state index in [9.17, 15) is 22.4 Å². The lowest BCUT2D eigenvalue weighted by Gasteiger charge is -2.31. The number of nitrogens with one attached hydrogen (secondary N) is 1. The molecule has 1 atom stereocenters. The molecule has 35 heavy (non-hydrogen) atoms.